The molecule has 0 saturated carbocycles. The second-order valence-electron chi connectivity index (χ2n) is 6.59. The van der Waals surface area contributed by atoms with Crippen LogP contribution in [-0.4, -0.2) is 35.3 Å². The smallest absolute Gasteiger partial charge is 0.360 e. The highest BCUT2D eigenvalue weighted by Crippen LogP contribution is 2.21. The molecule has 28 heavy (non-hydrogen) atoms. The van der Waals surface area contributed by atoms with E-state index in [1.54, 1.807) is 0 Å². The SMILES string of the molecule is O=C(OCC1CCCO1)c1nc2ccccc2nc1NCc1ccccc1Cl. The number of para-hydroxylation sites is 2. The van der Waals surface area contributed by atoms with Crippen LogP contribution in [-0.2, 0) is 16.0 Å². The summed E-state index contributed by atoms with van der Waals surface area (Å²) in [6.45, 7) is 1.35. The molecule has 1 aliphatic rings. The van der Waals surface area contributed by atoms with E-state index >= 15 is 0 Å². The molecule has 7 heteroatoms. The van der Waals surface area contributed by atoms with Crippen molar-refractivity contribution in [2.45, 2.75) is 25.5 Å². The lowest BCUT2D eigenvalue weighted by Gasteiger charge is -2.14. The molecule has 2 heterocycles. The average Bonchev–Trinajstić information content (AvgIpc) is 3.24. The van der Waals surface area contributed by atoms with Gasteiger partial charge in [0.2, 0.25) is 0 Å². The van der Waals surface area contributed by atoms with E-state index in [0.29, 0.717) is 35.0 Å². The first-order valence-corrected chi connectivity index (χ1v) is 9.61. The number of ether oxygens (including phenoxy) is 2. The summed E-state index contributed by atoms with van der Waals surface area (Å²) in [4.78, 5) is 21.8. The van der Waals surface area contributed by atoms with Gasteiger partial charge in [-0.2, -0.15) is 0 Å². The van der Waals surface area contributed by atoms with E-state index in [1.165, 1.54) is 0 Å². The third-order valence-electron chi connectivity index (χ3n) is 4.59. The Hall–Kier alpha value is -2.70. The van der Waals surface area contributed by atoms with Crippen LogP contribution in [0.25, 0.3) is 11.0 Å². The predicted octanol–water partition coefficient (Wildman–Crippen LogP) is 4.23. The van der Waals surface area contributed by atoms with Crippen LogP contribution in [0.15, 0.2) is 48.5 Å². The standard InChI is InChI=1S/C21H20ClN3O3/c22-16-8-2-1-6-14(16)12-23-20-19(21(26)28-13-15-7-5-11-27-15)24-17-9-3-4-10-18(17)25-20/h1-4,6,8-10,15H,5,7,11-13H2,(H,23,25). The molecule has 1 saturated heterocycles. The monoisotopic (exact) mass is 397 g/mol. The summed E-state index contributed by atoms with van der Waals surface area (Å²) in [6, 6.07) is 14.9. The van der Waals surface area contributed by atoms with Crippen molar-refractivity contribution in [3.8, 4) is 0 Å². The molecule has 1 fully saturated rings. The van der Waals surface area contributed by atoms with Crippen molar-refractivity contribution < 1.29 is 14.3 Å². The summed E-state index contributed by atoms with van der Waals surface area (Å²) in [5, 5.41) is 3.83. The second-order valence-corrected chi connectivity index (χ2v) is 7.00. The largest absolute Gasteiger partial charge is 0.458 e. The Morgan fingerprint density at radius 1 is 1.14 bits per heavy atom. The summed E-state index contributed by atoms with van der Waals surface area (Å²) in [5.74, 6) is -0.147. The van der Waals surface area contributed by atoms with Crippen LogP contribution in [0.5, 0.6) is 0 Å². The zero-order valence-corrected chi connectivity index (χ0v) is 16.0. The van der Waals surface area contributed by atoms with Crippen molar-refractivity contribution in [1.82, 2.24) is 9.97 Å². The molecule has 1 aliphatic heterocycles. The van der Waals surface area contributed by atoms with Gasteiger partial charge in [-0.3, -0.25) is 0 Å². The van der Waals surface area contributed by atoms with Gasteiger partial charge >= 0.3 is 5.97 Å². The van der Waals surface area contributed by atoms with Crippen molar-refractivity contribution in [3.05, 3.63) is 64.8 Å². The number of nitrogens with one attached hydrogen (secondary N) is 1. The van der Waals surface area contributed by atoms with Gasteiger partial charge in [-0.1, -0.05) is 41.9 Å². The normalized spacial score (nSPS) is 16.2. The number of esters is 1. The van der Waals surface area contributed by atoms with Crippen LogP contribution in [0.3, 0.4) is 0 Å². The first kappa shape index (κ1) is 18.7. The summed E-state index contributed by atoms with van der Waals surface area (Å²) in [6.07, 6.45) is 1.84. The number of rotatable bonds is 6. The number of nitrogens with zero attached hydrogens (tertiary/aromatic N) is 2. The van der Waals surface area contributed by atoms with Crippen LogP contribution in [0.4, 0.5) is 5.82 Å². The molecule has 0 amide bonds. The van der Waals surface area contributed by atoms with Gasteiger partial charge in [-0.25, -0.2) is 14.8 Å². The van der Waals surface area contributed by atoms with Crippen LogP contribution in [0.2, 0.25) is 5.02 Å². The molecule has 3 aromatic rings. The van der Waals surface area contributed by atoms with Gasteiger partial charge in [0, 0.05) is 18.2 Å². The fourth-order valence-electron chi connectivity index (χ4n) is 3.10. The predicted molar refractivity (Wildman–Crippen MR) is 108 cm³/mol. The van der Waals surface area contributed by atoms with Crippen LogP contribution in [0, 0.1) is 0 Å². The molecule has 6 nitrogen and oxygen atoms in total. The van der Waals surface area contributed by atoms with E-state index in [4.69, 9.17) is 21.1 Å². The average molecular weight is 398 g/mol. The molecule has 0 aliphatic carbocycles. The molecule has 1 atom stereocenters. The third-order valence-corrected chi connectivity index (χ3v) is 4.96. The highest BCUT2D eigenvalue weighted by Gasteiger charge is 2.22. The van der Waals surface area contributed by atoms with Crippen molar-refractivity contribution in [2.24, 2.45) is 0 Å². The first-order valence-electron chi connectivity index (χ1n) is 9.23. The van der Waals surface area contributed by atoms with Gasteiger partial charge in [0.05, 0.1) is 17.1 Å². The maximum atomic E-state index is 12.7. The van der Waals surface area contributed by atoms with Gasteiger partial charge in [0.25, 0.3) is 0 Å². The lowest BCUT2D eigenvalue weighted by molar-refractivity contribution is 0.0157. The molecule has 1 unspecified atom stereocenters. The van der Waals surface area contributed by atoms with Crippen molar-refractivity contribution >= 4 is 34.4 Å². The van der Waals surface area contributed by atoms with Gasteiger partial charge in [-0.05, 0) is 36.6 Å². The lowest BCUT2D eigenvalue weighted by atomic mass is 10.2. The number of halogens is 1. The minimum atomic E-state index is -0.518. The number of benzene rings is 2. The van der Waals surface area contributed by atoms with E-state index in [0.717, 1.165) is 18.4 Å². The minimum Gasteiger partial charge on any atom is -0.458 e. The number of hydrogen-bond acceptors (Lipinski definition) is 6. The fraction of sp³-hybridized carbons (Fsp3) is 0.286. The molecule has 4 rings (SSSR count). The lowest BCUT2D eigenvalue weighted by Crippen LogP contribution is -2.20. The Balaban J connectivity index is 1.58. The number of fused-ring (bicyclic) bond motifs is 1. The maximum Gasteiger partial charge on any atom is 0.360 e. The van der Waals surface area contributed by atoms with Crippen LogP contribution >= 0.6 is 11.6 Å². The van der Waals surface area contributed by atoms with Crippen molar-refractivity contribution in [2.75, 3.05) is 18.5 Å². The Kier molecular flexibility index (Phi) is 5.69. The molecule has 2 aromatic carbocycles. The summed E-state index contributed by atoms with van der Waals surface area (Å²) in [7, 11) is 0. The number of aromatic nitrogens is 2. The Bertz CT molecular complexity index is 990. The van der Waals surface area contributed by atoms with Gasteiger partial charge < -0.3 is 14.8 Å². The Morgan fingerprint density at radius 2 is 1.89 bits per heavy atom. The van der Waals surface area contributed by atoms with E-state index in [9.17, 15) is 4.79 Å². The summed E-state index contributed by atoms with van der Waals surface area (Å²) >= 11 is 6.23. The molecular formula is C21H20ClN3O3. The molecular weight excluding hydrogens is 378 g/mol. The summed E-state index contributed by atoms with van der Waals surface area (Å²) in [5.41, 5.74) is 2.39. The highest BCUT2D eigenvalue weighted by atomic mass is 35.5. The second kappa shape index (κ2) is 8.54. The fourth-order valence-corrected chi connectivity index (χ4v) is 3.30. The zero-order chi connectivity index (χ0) is 19.3. The van der Waals surface area contributed by atoms with Gasteiger partial charge in [0.15, 0.2) is 11.5 Å². The van der Waals surface area contributed by atoms with Gasteiger partial charge in [0.1, 0.15) is 6.61 Å². The van der Waals surface area contributed by atoms with Crippen LogP contribution < -0.4 is 5.32 Å². The molecule has 0 spiro atoms. The van der Waals surface area contributed by atoms with Crippen LogP contribution in [0.1, 0.15) is 28.9 Å². The molecule has 0 bridgehead atoms. The Morgan fingerprint density at radius 3 is 2.64 bits per heavy atom. The number of anilines is 1. The molecule has 1 aromatic heterocycles. The quantitative estimate of drug-likeness (QED) is 0.627. The molecule has 0 radical (unpaired) electrons. The topological polar surface area (TPSA) is 73.3 Å². The van der Waals surface area contributed by atoms with E-state index < -0.39 is 5.97 Å². The zero-order valence-electron chi connectivity index (χ0n) is 15.2. The van der Waals surface area contributed by atoms with E-state index in [2.05, 4.69) is 15.3 Å². The summed E-state index contributed by atoms with van der Waals surface area (Å²) < 4.78 is 11.0. The number of carbonyl (C=O) groups excluding carboxylic acids is 1. The molecule has 1 N–H and O–H groups in total. The van der Waals surface area contributed by atoms with Crippen molar-refractivity contribution in [1.29, 1.82) is 0 Å². The minimum absolute atomic E-state index is 0.0445. The Labute approximate surface area is 167 Å². The first-order chi connectivity index (χ1) is 13.7. The number of carbonyl (C=O) groups is 1. The van der Waals surface area contributed by atoms with Crippen molar-refractivity contribution in [3.63, 3.8) is 0 Å². The molecule has 144 valence electrons. The van der Waals surface area contributed by atoms with E-state index in [-0.39, 0.29) is 18.4 Å². The highest BCUT2D eigenvalue weighted by molar-refractivity contribution is 6.31. The van der Waals surface area contributed by atoms with E-state index in [1.807, 2.05) is 48.5 Å². The van der Waals surface area contributed by atoms with Gasteiger partial charge in [-0.15, -0.1) is 0 Å². The maximum absolute atomic E-state index is 12.7. The third kappa shape index (κ3) is 4.24. The number of hydrogen-bond donors (Lipinski definition) is 1.